The molecule has 13 heteroatoms. The van der Waals surface area contributed by atoms with Crippen LogP contribution in [0.1, 0.15) is 27.2 Å². The lowest BCUT2D eigenvalue weighted by Gasteiger charge is -2.55. The molecule has 0 aromatic carbocycles. The van der Waals surface area contributed by atoms with E-state index in [9.17, 15) is 13.6 Å². The largest absolute Gasteiger partial charge is 0.444 e. The van der Waals surface area contributed by atoms with Gasteiger partial charge in [0.15, 0.2) is 5.75 Å². The monoisotopic (exact) mass is 494 g/mol. The Kier molecular flexibility index (Phi) is 5.35. The van der Waals surface area contributed by atoms with Gasteiger partial charge in [-0.3, -0.25) is 4.90 Å². The molecule has 182 valence electrons. The van der Waals surface area contributed by atoms with Crippen LogP contribution in [-0.4, -0.2) is 79.2 Å². The van der Waals surface area contributed by atoms with Crippen molar-refractivity contribution >= 4 is 29.0 Å². The number of rotatable bonds is 5. The second-order valence-electron chi connectivity index (χ2n) is 9.30. The maximum Gasteiger partial charge on any atom is 0.421 e. The average molecular weight is 495 g/mol. The number of anilines is 1. The quantitative estimate of drug-likeness (QED) is 0.577. The summed E-state index contributed by atoms with van der Waals surface area (Å²) in [6, 6.07) is 2.85. The molecule has 10 nitrogen and oxygen atoms in total. The molecule has 2 unspecified atom stereocenters. The summed E-state index contributed by atoms with van der Waals surface area (Å²) in [5.74, 6) is 0.121. The molecule has 0 aliphatic carbocycles. The van der Waals surface area contributed by atoms with Gasteiger partial charge in [0.05, 0.1) is 12.1 Å². The minimum atomic E-state index is -3.77. The predicted octanol–water partition coefficient (Wildman–Crippen LogP) is 3.01. The van der Waals surface area contributed by atoms with Gasteiger partial charge in [-0.1, -0.05) is 0 Å². The Bertz CT molecular complexity index is 1200. The van der Waals surface area contributed by atoms with Gasteiger partial charge in [-0.15, -0.1) is 16.4 Å². The molecule has 1 amide bonds. The second-order valence-corrected chi connectivity index (χ2v) is 10.2. The maximum absolute atomic E-state index is 13.8. The minimum Gasteiger partial charge on any atom is -0.444 e. The first-order chi connectivity index (χ1) is 16.0. The van der Waals surface area contributed by atoms with Gasteiger partial charge < -0.3 is 19.5 Å². The van der Waals surface area contributed by atoms with Crippen LogP contribution in [0.15, 0.2) is 23.7 Å². The van der Waals surface area contributed by atoms with Crippen LogP contribution in [0.4, 0.5) is 19.5 Å². The number of thiazole rings is 1. The van der Waals surface area contributed by atoms with E-state index >= 15 is 0 Å². The summed E-state index contributed by atoms with van der Waals surface area (Å²) in [6.07, 6.45) is -1.62. The number of alkyl halides is 2. The number of aliphatic hydroxyl groups excluding tert-OH is 1. The number of fused-ring (bicyclic) bond motifs is 3. The van der Waals surface area contributed by atoms with Gasteiger partial charge in [0.25, 0.3) is 0 Å². The molecule has 0 spiro atoms. The second kappa shape index (κ2) is 8.01. The first-order valence-corrected chi connectivity index (χ1v) is 11.7. The van der Waals surface area contributed by atoms with Crippen molar-refractivity contribution < 1.29 is 28.2 Å². The number of hydrogen-bond donors (Lipinski definition) is 1. The predicted molar refractivity (Wildman–Crippen MR) is 119 cm³/mol. The summed E-state index contributed by atoms with van der Waals surface area (Å²) in [7, 11) is 0. The summed E-state index contributed by atoms with van der Waals surface area (Å²) in [4.78, 5) is 25.0. The van der Waals surface area contributed by atoms with Crippen molar-refractivity contribution in [2.75, 3.05) is 24.6 Å². The van der Waals surface area contributed by atoms with Gasteiger partial charge in [0.2, 0.25) is 11.6 Å². The van der Waals surface area contributed by atoms with Crippen LogP contribution in [0.25, 0.3) is 16.3 Å². The lowest BCUT2D eigenvalue weighted by Crippen LogP contribution is -2.70. The summed E-state index contributed by atoms with van der Waals surface area (Å²) in [5, 5.41) is 15.9. The zero-order chi connectivity index (χ0) is 24.3. The van der Waals surface area contributed by atoms with Crippen LogP contribution in [0.5, 0.6) is 5.75 Å². The summed E-state index contributed by atoms with van der Waals surface area (Å²) in [6.45, 7) is 4.99. The number of carbonyl (C=O) groups excluding carboxylic acids is 1. The lowest BCUT2D eigenvalue weighted by molar-refractivity contribution is -0.200. The highest BCUT2D eigenvalue weighted by molar-refractivity contribution is 7.13. The van der Waals surface area contributed by atoms with Gasteiger partial charge >= 0.3 is 12.2 Å². The Hall–Kier alpha value is -3.06. The molecule has 3 saturated heterocycles. The highest BCUT2D eigenvalue weighted by Gasteiger charge is 2.49. The molecule has 3 fully saturated rings. The molecule has 1 N–H and O–H groups in total. The van der Waals surface area contributed by atoms with E-state index in [-0.39, 0.29) is 29.6 Å². The number of pyridine rings is 1. The number of hydrogen-bond acceptors (Lipinski definition) is 9. The number of piperidine rings is 1. The molecule has 0 radical (unpaired) electrons. The molecule has 2 atom stereocenters. The molecule has 3 aromatic rings. The Labute approximate surface area is 197 Å². The fourth-order valence-electron chi connectivity index (χ4n) is 4.23. The van der Waals surface area contributed by atoms with Crippen molar-refractivity contribution in [3.63, 3.8) is 0 Å². The molecule has 34 heavy (non-hydrogen) atoms. The number of nitrogens with zero attached hydrogens (tertiary/aromatic N) is 6. The van der Waals surface area contributed by atoms with Crippen LogP contribution < -0.4 is 9.64 Å². The van der Waals surface area contributed by atoms with Crippen LogP contribution in [0.2, 0.25) is 0 Å². The smallest absolute Gasteiger partial charge is 0.421 e. The Balaban J connectivity index is 1.45. The molecular formula is C21H24F2N6O4S. The number of piperazine rings is 1. The van der Waals surface area contributed by atoms with Gasteiger partial charge in [-0.2, -0.15) is 13.8 Å². The van der Waals surface area contributed by atoms with E-state index in [1.807, 2.05) is 25.7 Å². The average Bonchev–Trinajstić information content (AvgIpc) is 3.43. The Morgan fingerprint density at radius 1 is 1.26 bits per heavy atom. The van der Waals surface area contributed by atoms with E-state index in [2.05, 4.69) is 15.1 Å². The maximum atomic E-state index is 13.8. The van der Waals surface area contributed by atoms with Crippen LogP contribution in [0, 0.1) is 0 Å². The third-order valence-corrected chi connectivity index (χ3v) is 6.41. The number of halogens is 2. The van der Waals surface area contributed by atoms with Gasteiger partial charge in [-0.25, -0.2) is 14.3 Å². The third kappa shape index (κ3) is 4.13. The van der Waals surface area contributed by atoms with Crippen molar-refractivity contribution in [1.82, 2.24) is 24.5 Å². The SMILES string of the molecule is CC(C)(C)OC(=O)N1C2CC1CN(c1nc3c(OC(F)(F)CO)ccc(-c4nccs4)n3n1)C2. The highest BCUT2D eigenvalue weighted by atomic mass is 32.1. The molecule has 2 bridgehead atoms. The van der Waals surface area contributed by atoms with E-state index in [0.717, 1.165) is 6.42 Å². The van der Waals surface area contributed by atoms with E-state index in [4.69, 9.17) is 14.6 Å². The number of aromatic nitrogens is 4. The standard InChI is InChI=1S/C21H24F2N6O4S/c1-20(2,3)33-19(31)28-12-8-13(28)10-27(9-12)18-25-16-15(32-21(22,23)11-30)5-4-14(29(16)26-18)17-24-6-7-34-17/h4-7,12-13,30H,8-11H2,1-3H3. The normalized spacial score (nSPS) is 20.4. The lowest BCUT2D eigenvalue weighted by atomic mass is 9.88. The number of carbonyl (C=O) groups is 1. The van der Waals surface area contributed by atoms with E-state index < -0.39 is 18.3 Å². The third-order valence-electron chi connectivity index (χ3n) is 5.61. The zero-order valence-electron chi connectivity index (χ0n) is 18.8. The number of amides is 1. The van der Waals surface area contributed by atoms with Crippen molar-refractivity contribution in [2.24, 2.45) is 0 Å². The van der Waals surface area contributed by atoms with Gasteiger partial charge in [-0.05, 0) is 39.3 Å². The fraction of sp³-hybridized carbons (Fsp3) is 0.524. The van der Waals surface area contributed by atoms with Crippen molar-refractivity contribution in [1.29, 1.82) is 0 Å². The Morgan fingerprint density at radius 2 is 2.00 bits per heavy atom. The number of ether oxygens (including phenoxy) is 2. The molecule has 0 saturated carbocycles. The van der Waals surface area contributed by atoms with Crippen molar-refractivity contribution in [3.05, 3.63) is 23.7 Å². The molecule has 3 aliphatic heterocycles. The summed E-state index contributed by atoms with van der Waals surface area (Å²) in [5.41, 5.74) is 0.0725. The molecule has 3 aliphatic rings. The summed E-state index contributed by atoms with van der Waals surface area (Å²) < 4.78 is 39.3. The number of aliphatic hydroxyl groups is 1. The van der Waals surface area contributed by atoms with Gasteiger partial charge in [0.1, 0.15) is 22.9 Å². The van der Waals surface area contributed by atoms with Crippen molar-refractivity contribution in [2.45, 2.75) is 51.0 Å². The van der Waals surface area contributed by atoms with Crippen LogP contribution in [-0.2, 0) is 4.74 Å². The summed E-state index contributed by atoms with van der Waals surface area (Å²) >= 11 is 1.37. The van der Waals surface area contributed by atoms with Crippen LogP contribution >= 0.6 is 11.3 Å². The molecule has 6 rings (SSSR count). The van der Waals surface area contributed by atoms with Gasteiger partial charge in [0, 0.05) is 24.7 Å². The molecule has 3 aromatic heterocycles. The molecule has 6 heterocycles. The Morgan fingerprint density at radius 3 is 2.62 bits per heavy atom. The minimum absolute atomic E-state index is 0.0481. The van der Waals surface area contributed by atoms with Crippen molar-refractivity contribution in [3.8, 4) is 16.5 Å². The highest BCUT2D eigenvalue weighted by Crippen LogP contribution is 2.37. The zero-order valence-corrected chi connectivity index (χ0v) is 19.6. The van der Waals surface area contributed by atoms with Crippen LogP contribution in [0.3, 0.4) is 0 Å². The van der Waals surface area contributed by atoms with E-state index in [0.29, 0.717) is 29.7 Å². The molecular weight excluding hydrogens is 470 g/mol. The first-order valence-electron chi connectivity index (χ1n) is 10.8. The van der Waals surface area contributed by atoms with E-state index in [1.165, 1.54) is 21.9 Å². The first kappa shape index (κ1) is 22.7. The van der Waals surface area contributed by atoms with E-state index in [1.54, 1.807) is 22.5 Å². The topological polar surface area (TPSA) is 105 Å². The fourth-order valence-corrected chi connectivity index (χ4v) is 4.88.